The number of likely N-dealkylation sites (N-methyl/N-ethyl adjacent to an activating group) is 1. The van der Waals surface area contributed by atoms with Crippen LogP contribution in [0.4, 0.5) is 34.6 Å². The molecule has 0 aliphatic carbocycles. The fourth-order valence-electron chi connectivity index (χ4n) is 3.77. The summed E-state index contributed by atoms with van der Waals surface area (Å²) in [4.78, 5) is 20.3. The molecule has 1 fully saturated rings. The molecule has 2 aromatic heterocycles. The number of benzene rings is 1. The van der Waals surface area contributed by atoms with Crippen LogP contribution in [0.5, 0.6) is 5.75 Å². The second-order valence-electron chi connectivity index (χ2n) is 8.42. The second-order valence-corrected chi connectivity index (χ2v) is 8.42. The highest BCUT2D eigenvalue weighted by Gasteiger charge is 2.17. The van der Waals surface area contributed by atoms with Crippen molar-refractivity contribution >= 4 is 34.6 Å². The Bertz CT molecular complexity index is 1100. The highest BCUT2D eigenvalue weighted by Crippen LogP contribution is 2.32. The summed E-state index contributed by atoms with van der Waals surface area (Å²) in [5, 5.41) is 6.71. The van der Waals surface area contributed by atoms with Gasteiger partial charge in [0.15, 0.2) is 5.82 Å². The molecule has 35 heavy (non-hydrogen) atoms. The zero-order valence-corrected chi connectivity index (χ0v) is 22.0. The van der Waals surface area contributed by atoms with Crippen LogP contribution in [0.25, 0.3) is 0 Å². The Balaban J connectivity index is 0.00000167. The molecular weight excluding hydrogens is 440 g/mol. The van der Waals surface area contributed by atoms with Crippen LogP contribution in [-0.4, -0.2) is 74.3 Å². The van der Waals surface area contributed by atoms with E-state index in [4.69, 9.17) is 9.72 Å². The van der Waals surface area contributed by atoms with Crippen molar-refractivity contribution in [3.05, 3.63) is 48.3 Å². The first kappa shape index (κ1) is 26.0. The smallest absolute Gasteiger partial charge is 0.229 e. The van der Waals surface area contributed by atoms with Gasteiger partial charge in [-0.1, -0.05) is 13.8 Å². The summed E-state index contributed by atoms with van der Waals surface area (Å²) in [6.45, 7) is 10.1. The van der Waals surface area contributed by atoms with E-state index < -0.39 is 0 Å². The predicted molar refractivity (Wildman–Crippen MR) is 146 cm³/mol. The lowest BCUT2D eigenvalue weighted by atomic mass is 10.2. The van der Waals surface area contributed by atoms with E-state index in [0.717, 1.165) is 66.2 Å². The number of nitrogens with one attached hydrogen (secondary N) is 2. The largest absolute Gasteiger partial charge is 0.494 e. The van der Waals surface area contributed by atoms with Gasteiger partial charge in [0, 0.05) is 70.0 Å². The average Bonchev–Trinajstić information content (AvgIpc) is 2.88. The Morgan fingerprint density at radius 2 is 1.71 bits per heavy atom. The highest BCUT2D eigenvalue weighted by atomic mass is 16.5. The van der Waals surface area contributed by atoms with Gasteiger partial charge < -0.3 is 30.1 Å². The lowest BCUT2D eigenvalue weighted by Crippen LogP contribution is -2.44. The second kappa shape index (κ2) is 12.2. The van der Waals surface area contributed by atoms with E-state index in [1.807, 2.05) is 58.0 Å². The minimum atomic E-state index is 0.490. The number of aromatic nitrogens is 3. The van der Waals surface area contributed by atoms with Crippen LogP contribution < -0.4 is 25.2 Å². The van der Waals surface area contributed by atoms with Crippen LogP contribution in [0.15, 0.2) is 42.7 Å². The number of hydrogen-bond acceptors (Lipinski definition) is 9. The van der Waals surface area contributed by atoms with Gasteiger partial charge in [-0.3, -0.25) is 0 Å². The number of aryl methyl sites for hydroxylation is 1. The van der Waals surface area contributed by atoms with Gasteiger partial charge in [0.25, 0.3) is 0 Å². The van der Waals surface area contributed by atoms with Gasteiger partial charge in [-0.15, -0.1) is 0 Å². The normalized spacial score (nSPS) is 13.5. The molecule has 3 aromatic rings. The quantitative estimate of drug-likeness (QED) is 0.509. The van der Waals surface area contributed by atoms with Crippen LogP contribution in [0.1, 0.15) is 19.4 Å². The molecule has 2 N–H and O–H groups in total. The van der Waals surface area contributed by atoms with Crippen LogP contribution >= 0.6 is 0 Å². The standard InChI is InChI=1S/C24H32N8O.C2H6/c1-17-16-26-24(29-22(17)27-20-7-6-10-25-23(20)30(2)3)28-19-9-8-18(15-21(19)33-5)32-13-11-31(4)12-14-32;1-2/h6-10,15-16H,11-14H2,1-5H3,(H2,26,27,28,29);1-2H3. The van der Waals surface area contributed by atoms with Gasteiger partial charge in [0.1, 0.15) is 11.6 Å². The number of pyridine rings is 1. The number of anilines is 6. The first-order chi connectivity index (χ1) is 16.9. The van der Waals surface area contributed by atoms with Crippen molar-refractivity contribution in [1.29, 1.82) is 0 Å². The SMILES string of the molecule is CC.COc1cc(N2CCN(C)CC2)ccc1Nc1ncc(C)c(Nc2cccnc2N(C)C)n1. The predicted octanol–water partition coefficient (Wildman–Crippen LogP) is 4.52. The molecular formula is C26H38N8O. The van der Waals surface area contributed by atoms with Crippen LogP contribution in [0, 0.1) is 6.92 Å². The van der Waals surface area contributed by atoms with E-state index >= 15 is 0 Å². The topological polar surface area (TPSA) is 81.7 Å². The number of piperazine rings is 1. The summed E-state index contributed by atoms with van der Waals surface area (Å²) in [5.74, 6) is 2.80. The van der Waals surface area contributed by atoms with Crippen molar-refractivity contribution in [2.75, 3.05) is 74.9 Å². The fraction of sp³-hybridized carbons (Fsp3) is 0.423. The zero-order valence-electron chi connectivity index (χ0n) is 22.0. The van der Waals surface area contributed by atoms with Crippen molar-refractivity contribution in [3.63, 3.8) is 0 Å². The third-order valence-corrected chi connectivity index (χ3v) is 5.74. The highest BCUT2D eigenvalue weighted by molar-refractivity contribution is 5.73. The van der Waals surface area contributed by atoms with E-state index in [1.54, 1.807) is 19.5 Å². The summed E-state index contributed by atoms with van der Waals surface area (Å²) in [6.07, 6.45) is 3.58. The minimum absolute atomic E-state index is 0.490. The van der Waals surface area contributed by atoms with Crippen molar-refractivity contribution in [3.8, 4) is 5.75 Å². The lowest BCUT2D eigenvalue weighted by Gasteiger charge is -2.34. The molecule has 1 aliphatic rings. The molecule has 0 unspecified atom stereocenters. The Hall–Kier alpha value is -3.59. The van der Waals surface area contributed by atoms with Crippen molar-refractivity contribution < 1.29 is 4.74 Å². The number of rotatable bonds is 7. The molecule has 1 aliphatic heterocycles. The maximum absolute atomic E-state index is 5.68. The molecule has 1 saturated heterocycles. The molecule has 3 heterocycles. The zero-order chi connectivity index (χ0) is 25.4. The number of ether oxygens (including phenoxy) is 1. The van der Waals surface area contributed by atoms with Gasteiger partial charge in [0.05, 0.1) is 18.5 Å². The average molecular weight is 479 g/mol. The van der Waals surface area contributed by atoms with E-state index in [9.17, 15) is 0 Å². The van der Waals surface area contributed by atoms with Gasteiger partial charge >= 0.3 is 0 Å². The summed E-state index contributed by atoms with van der Waals surface area (Å²) in [6, 6.07) is 10.1. The monoisotopic (exact) mass is 478 g/mol. The lowest BCUT2D eigenvalue weighted by molar-refractivity contribution is 0.312. The molecule has 9 nitrogen and oxygen atoms in total. The fourth-order valence-corrected chi connectivity index (χ4v) is 3.77. The molecule has 0 saturated carbocycles. The molecule has 0 radical (unpaired) electrons. The van der Waals surface area contributed by atoms with Crippen molar-refractivity contribution in [2.24, 2.45) is 0 Å². The Kier molecular flexibility index (Phi) is 9.08. The molecule has 188 valence electrons. The van der Waals surface area contributed by atoms with Gasteiger partial charge in [0.2, 0.25) is 5.95 Å². The third kappa shape index (κ3) is 6.51. The Morgan fingerprint density at radius 1 is 0.971 bits per heavy atom. The molecule has 9 heteroatoms. The van der Waals surface area contributed by atoms with Gasteiger partial charge in [-0.05, 0) is 38.2 Å². The van der Waals surface area contributed by atoms with E-state index in [0.29, 0.717) is 5.95 Å². The first-order valence-corrected chi connectivity index (χ1v) is 12.1. The van der Waals surface area contributed by atoms with Crippen LogP contribution in [-0.2, 0) is 0 Å². The van der Waals surface area contributed by atoms with Gasteiger partial charge in [-0.2, -0.15) is 4.98 Å². The van der Waals surface area contributed by atoms with E-state index in [1.165, 1.54) is 0 Å². The Labute approximate surface area is 209 Å². The molecule has 0 atom stereocenters. The number of hydrogen-bond donors (Lipinski definition) is 2. The van der Waals surface area contributed by atoms with E-state index in [-0.39, 0.29) is 0 Å². The minimum Gasteiger partial charge on any atom is -0.494 e. The molecule has 4 rings (SSSR count). The van der Waals surface area contributed by atoms with Crippen LogP contribution in [0.2, 0.25) is 0 Å². The summed E-state index contributed by atoms with van der Waals surface area (Å²) in [7, 11) is 7.77. The first-order valence-electron chi connectivity index (χ1n) is 12.1. The van der Waals surface area contributed by atoms with Crippen LogP contribution in [0.3, 0.4) is 0 Å². The molecule has 0 amide bonds. The summed E-state index contributed by atoms with van der Waals surface area (Å²) < 4.78 is 5.68. The maximum Gasteiger partial charge on any atom is 0.229 e. The number of nitrogens with zero attached hydrogens (tertiary/aromatic N) is 6. The Morgan fingerprint density at radius 3 is 2.40 bits per heavy atom. The summed E-state index contributed by atoms with van der Waals surface area (Å²) >= 11 is 0. The summed E-state index contributed by atoms with van der Waals surface area (Å²) in [5.41, 5.74) is 3.79. The molecule has 0 bridgehead atoms. The van der Waals surface area contributed by atoms with Crippen molar-refractivity contribution in [1.82, 2.24) is 19.9 Å². The van der Waals surface area contributed by atoms with E-state index in [2.05, 4.69) is 49.6 Å². The molecule has 1 aromatic carbocycles. The van der Waals surface area contributed by atoms with Gasteiger partial charge in [-0.25, -0.2) is 9.97 Å². The van der Waals surface area contributed by atoms with Crippen molar-refractivity contribution in [2.45, 2.75) is 20.8 Å². The number of methoxy groups -OCH3 is 1. The maximum atomic E-state index is 5.68. The third-order valence-electron chi connectivity index (χ3n) is 5.74. The molecule has 0 spiro atoms.